The molecule has 0 spiro atoms. The van der Waals surface area contributed by atoms with Crippen molar-refractivity contribution in [3.8, 4) is 11.5 Å². The number of aromatic amines is 2. The highest BCUT2D eigenvalue weighted by Crippen LogP contribution is 2.23. The van der Waals surface area contributed by atoms with Gasteiger partial charge in [-0.25, -0.2) is 14.6 Å². The second-order valence-corrected chi connectivity index (χ2v) is 7.20. The van der Waals surface area contributed by atoms with Crippen molar-refractivity contribution < 1.29 is 4.74 Å². The third-order valence-corrected chi connectivity index (χ3v) is 4.63. The predicted octanol–water partition coefficient (Wildman–Crippen LogP) is 3.29. The molecule has 2 aromatic carbocycles. The number of hydrogen-bond acceptors (Lipinski definition) is 5. The van der Waals surface area contributed by atoms with Crippen LogP contribution in [0.25, 0.3) is 0 Å². The summed E-state index contributed by atoms with van der Waals surface area (Å²) >= 11 is 5.92. The molecular weight excluding hydrogens is 418 g/mol. The molecule has 8 nitrogen and oxygen atoms in total. The minimum Gasteiger partial charge on any atom is -0.457 e. The van der Waals surface area contributed by atoms with Gasteiger partial charge in [-0.15, -0.1) is 0 Å². The first-order valence-electron chi connectivity index (χ1n) is 9.39. The van der Waals surface area contributed by atoms with Gasteiger partial charge in [0.25, 0.3) is 0 Å². The molecular formula is C22H18ClN5O3. The van der Waals surface area contributed by atoms with Crippen molar-refractivity contribution in [3.63, 3.8) is 0 Å². The van der Waals surface area contributed by atoms with Crippen LogP contribution in [0.1, 0.15) is 11.3 Å². The van der Waals surface area contributed by atoms with Crippen LogP contribution in [0, 0.1) is 6.92 Å². The zero-order valence-electron chi connectivity index (χ0n) is 16.5. The van der Waals surface area contributed by atoms with Gasteiger partial charge < -0.3 is 4.74 Å². The summed E-state index contributed by atoms with van der Waals surface area (Å²) in [6.45, 7) is 2.10. The Morgan fingerprint density at radius 2 is 1.74 bits per heavy atom. The van der Waals surface area contributed by atoms with Gasteiger partial charge in [-0.2, -0.15) is 0 Å². The van der Waals surface area contributed by atoms with Crippen molar-refractivity contribution in [1.29, 1.82) is 0 Å². The number of H-pyrrole nitrogens is 2. The van der Waals surface area contributed by atoms with Gasteiger partial charge in [0.15, 0.2) is 0 Å². The fourth-order valence-corrected chi connectivity index (χ4v) is 3.02. The maximum atomic E-state index is 12.4. The Balaban J connectivity index is 1.65. The van der Waals surface area contributed by atoms with Crippen molar-refractivity contribution in [3.05, 3.63) is 110 Å². The van der Waals surface area contributed by atoms with E-state index in [1.165, 1.54) is 4.57 Å². The summed E-state index contributed by atoms with van der Waals surface area (Å²) in [6, 6.07) is 17.6. The minimum atomic E-state index is -0.635. The van der Waals surface area contributed by atoms with Crippen LogP contribution in [0.2, 0.25) is 5.02 Å². The molecule has 0 fully saturated rings. The number of hydrogen-bond donors (Lipinski definition) is 2. The molecule has 0 bridgehead atoms. The molecule has 2 heterocycles. The Hall–Kier alpha value is -3.91. The molecule has 31 heavy (non-hydrogen) atoms. The van der Waals surface area contributed by atoms with E-state index in [1.807, 2.05) is 13.0 Å². The zero-order valence-corrected chi connectivity index (χ0v) is 17.3. The lowest BCUT2D eigenvalue weighted by Crippen LogP contribution is -2.44. The smallest absolute Gasteiger partial charge is 0.332 e. The van der Waals surface area contributed by atoms with Crippen LogP contribution >= 0.6 is 11.6 Å². The molecule has 4 rings (SSSR count). The molecule has 0 aliphatic heterocycles. The molecule has 9 heteroatoms. The third kappa shape index (κ3) is 5.18. The van der Waals surface area contributed by atoms with Gasteiger partial charge in [0, 0.05) is 23.0 Å². The Morgan fingerprint density at radius 3 is 2.45 bits per heavy atom. The fourth-order valence-electron chi connectivity index (χ4n) is 2.90. The molecule has 0 unspecified atom stereocenters. The summed E-state index contributed by atoms with van der Waals surface area (Å²) in [4.78, 5) is 37.6. The Labute approximate surface area is 181 Å². The van der Waals surface area contributed by atoms with E-state index in [-0.39, 0.29) is 12.2 Å². The van der Waals surface area contributed by atoms with E-state index in [9.17, 15) is 9.59 Å². The van der Waals surface area contributed by atoms with E-state index < -0.39 is 11.4 Å². The molecule has 0 radical (unpaired) electrons. The highest BCUT2D eigenvalue weighted by atomic mass is 35.5. The van der Waals surface area contributed by atoms with E-state index in [1.54, 1.807) is 60.8 Å². The summed E-state index contributed by atoms with van der Waals surface area (Å²) in [5, 5.41) is 0.596. The van der Waals surface area contributed by atoms with Gasteiger partial charge >= 0.3 is 11.4 Å². The van der Waals surface area contributed by atoms with Crippen molar-refractivity contribution in [1.82, 2.24) is 19.5 Å². The molecule has 2 N–H and O–H groups in total. The van der Waals surface area contributed by atoms with Crippen LogP contribution in [-0.2, 0) is 6.54 Å². The SMILES string of the molecule is Cc1cc(Oc2ccc(/N=c3\[nH]c(=O)[nH]c(=O)n3Cc3ccc(Cl)cc3)cc2)ccn1. The quantitative estimate of drug-likeness (QED) is 0.501. The molecule has 2 aromatic heterocycles. The molecule has 156 valence electrons. The fraction of sp³-hybridized carbons (Fsp3) is 0.0909. The third-order valence-electron chi connectivity index (χ3n) is 4.38. The Morgan fingerprint density at radius 1 is 1.00 bits per heavy atom. The Bertz CT molecular complexity index is 1390. The van der Waals surface area contributed by atoms with Gasteiger partial charge in [0.05, 0.1) is 12.2 Å². The van der Waals surface area contributed by atoms with Crippen molar-refractivity contribution in [2.75, 3.05) is 0 Å². The van der Waals surface area contributed by atoms with E-state index in [0.717, 1.165) is 11.3 Å². The van der Waals surface area contributed by atoms with Gasteiger partial charge in [-0.05, 0) is 55.0 Å². The van der Waals surface area contributed by atoms with E-state index >= 15 is 0 Å². The van der Waals surface area contributed by atoms with Crippen LogP contribution in [0.15, 0.2) is 81.4 Å². The Kier molecular flexibility index (Phi) is 5.81. The first-order valence-corrected chi connectivity index (χ1v) is 9.77. The number of halogens is 1. The maximum Gasteiger partial charge on any atom is 0.332 e. The van der Waals surface area contributed by atoms with Gasteiger partial charge in [0.1, 0.15) is 11.5 Å². The molecule has 0 saturated carbocycles. The first-order chi connectivity index (χ1) is 15.0. The second-order valence-electron chi connectivity index (χ2n) is 6.76. The van der Waals surface area contributed by atoms with Gasteiger partial charge in [-0.3, -0.25) is 19.5 Å². The molecule has 4 aromatic rings. The highest BCUT2D eigenvalue weighted by Gasteiger charge is 2.05. The number of aryl methyl sites for hydroxylation is 1. The summed E-state index contributed by atoms with van der Waals surface area (Å²) in [7, 11) is 0. The topological polar surface area (TPSA) is 105 Å². The van der Waals surface area contributed by atoms with Crippen molar-refractivity contribution in [2.45, 2.75) is 13.5 Å². The lowest BCUT2D eigenvalue weighted by Gasteiger charge is -2.07. The normalized spacial score (nSPS) is 11.5. The zero-order chi connectivity index (χ0) is 21.8. The molecule has 0 aliphatic carbocycles. The number of nitrogens with zero attached hydrogens (tertiary/aromatic N) is 3. The molecule has 0 aliphatic rings. The summed E-state index contributed by atoms with van der Waals surface area (Å²) < 4.78 is 7.15. The van der Waals surface area contributed by atoms with Gasteiger partial charge in [-0.1, -0.05) is 23.7 Å². The van der Waals surface area contributed by atoms with E-state index in [0.29, 0.717) is 22.2 Å². The van der Waals surface area contributed by atoms with Crippen LogP contribution in [0.4, 0.5) is 5.69 Å². The largest absolute Gasteiger partial charge is 0.457 e. The maximum absolute atomic E-state index is 12.4. The summed E-state index contributed by atoms with van der Waals surface area (Å²) in [6.07, 6.45) is 1.68. The molecule has 0 atom stereocenters. The first kappa shape index (κ1) is 20.4. The molecule has 0 saturated heterocycles. The van der Waals surface area contributed by atoms with Crippen LogP contribution in [-0.4, -0.2) is 19.5 Å². The van der Waals surface area contributed by atoms with Crippen LogP contribution in [0.5, 0.6) is 11.5 Å². The van der Waals surface area contributed by atoms with Crippen LogP contribution in [0.3, 0.4) is 0 Å². The highest BCUT2D eigenvalue weighted by molar-refractivity contribution is 6.30. The number of nitrogens with one attached hydrogen (secondary N) is 2. The number of aromatic nitrogens is 4. The predicted molar refractivity (Wildman–Crippen MR) is 117 cm³/mol. The lowest BCUT2D eigenvalue weighted by molar-refractivity contribution is 0.481. The number of rotatable bonds is 5. The lowest BCUT2D eigenvalue weighted by atomic mass is 10.2. The monoisotopic (exact) mass is 435 g/mol. The van der Waals surface area contributed by atoms with E-state index in [2.05, 4.69) is 19.9 Å². The molecule has 0 amide bonds. The summed E-state index contributed by atoms with van der Waals surface area (Å²) in [5.41, 5.74) is 1.16. The summed E-state index contributed by atoms with van der Waals surface area (Å²) in [5.74, 6) is 1.30. The average Bonchev–Trinajstić information content (AvgIpc) is 2.73. The number of ether oxygens (including phenoxy) is 1. The van der Waals surface area contributed by atoms with E-state index in [4.69, 9.17) is 16.3 Å². The van der Waals surface area contributed by atoms with Gasteiger partial charge in [0.2, 0.25) is 5.62 Å². The number of benzene rings is 2. The van der Waals surface area contributed by atoms with Crippen molar-refractivity contribution in [2.24, 2.45) is 4.99 Å². The van der Waals surface area contributed by atoms with Crippen molar-refractivity contribution >= 4 is 17.3 Å². The minimum absolute atomic E-state index is 0.127. The standard InChI is InChI=1S/C22H18ClN5O3/c1-14-12-19(10-11-24-14)31-18-8-6-17(7-9-18)25-20-26-21(29)27-22(30)28(20)13-15-2-4-16(23)5-3-15/h2-12H,13H2,1H3,(H2,25,26,27,29,30). The van der Waals surface area contributed by atoms with Crippen LogP contribution < -0.4 is 21.7 Å². The number of pyridine rings is 1. The average molecular weight is 436 g/mol. The second kappa shape index (κ2) is 8.85.